The van der Waals surface area contributed by atoms with Gasteiger partial charge in [-0.2, -0.15) is 0 Å². The maximum absolute atomic E-state index is 14.6. The Morgan fingerprint density at radius 3 is 2.26 bits per heavy atom. The molecule has 0 spiro atoms. The molecular formula is C15H20BF2NO4. The van der Waals surface area contributed by atoms with Gasteiger partial charge in [0.05, 0.1) is 16.7 Å². The molecule has 0 aliphatic carbocycles. The molecule has 0 saturated carbocycles. The average Bonchev–Trinajstić information content (AvgIpc) is 2.60. The first-order valence-electron chi connectivity index (χ1n) is 7.26. The zero-order valence-electron chi connectivity index (χ0n) is 13.8. The number of halogens is 2. The standard InChI is InChI=1S/C15H20BF2NO4/c1-8-9(7-19-13(20)21)6-10(17)11(12(8)18)16-22-14(2,3)15(4,5)23-16/h6,19H,7H2,1-5H3,(H,20,21). The Kier molecular flexibility index (Phi) is 4.43. The highest BCUT2D eigenvalue weighted by atomic mass is 19.1. The summed E-state index contributed by atoms with van der Waals surface area (Å²) in [4.78, 5) is 10.5. The molecule has 1 amide bonds. The van der Waals surface area contributed by atoms with E-state index in [2.05, 4.69) is 5.32 Å². The van der Waals surface area contributed by atoms with E-state index in [1.165, 1.54) is 6.92 Å². The molecule has 2 rings (SSSR count). The summed E-state index contributed by atoms with van der Waals surface area (Å²) >= 11 is 0. The van der Waals surface area contributed by atoms with Crippen LogP contribution >= 0.6 is 0 Å². The summed E-state index contributed by atoms with van der Waals surface area (Å²) < 4.78 is 40.4. The van der Waals surface area contributed by atoms with Gasteiger partial charge >= 0.3 is 13.2 Å². The Morgan fingerprint density at radius 1 is 1.26 bits per heavy atom. The smallest absolute Gasteiger partial charge is 0.465 e. The van der Waals surface area contributed by atoms with E-state index in [0.29, 0.717) is 0 Å². The topological polar surface area (TPSA) is 67.8 Å². The molecule has 0 unspecified atom stereocenters. The SMILES string of the molecule is Cc1c(CNC(=O)O)cc(F)c(B2OC(C)(C)C(C)(C)O2)c1F. The van der Waals surface area contributed by atoms with Crippen molar-refractivity contribution in [1.82, 2.24) is 5.32 Å². The van der Waals surface area contributed by atoms with Gasteiger partial charge in [0.2, 0.25) is 0 Å². The highest BCUT2D eigenvalue weighted by molar-refractivity contribution is 6.62. The molecule has 5 nitrogen and oxygen atoms in total. The van der Waals surface area contributed by atoms with Crippen molar-refractivity contribution in [3.8, 4) is 0 Å². The molecule has 0 aromatic heterocycles. The van der Waals surface area contributed by atoms with Gasteiger partial charge in [0, 0.05) is 6.54 Å². The van der Waals surface area contributed by atoms with Crippen molar-refractivity contribution in [2.24, 2.45) is 0 Å². The summed E-state index contributed by atoms with van der Waals surface area (Å²) in [6.45, 7) is 8.45. The highest BCUT2D eigenvalue weighted by Crippen LogP contribution is 2.37. The third-order valence-corrected chi connectivity index (χ3v) is 4.52. The van der Waals surface area contributed by atoms with Crippen molar-refractivity contribution in [3.05, 3.63) is 28.8 Å². The van der Waals surface area contributed by atoms with Crippen LogP contribution in [0.4, 0.5) is 13.6 Å². The van der Waals surface area contributed by atoms with Gasteiger partial charge in [-0.1, -0.05) is 0 Å². The molecule has 1 aromatic rings. The van der Waals surface area contributed by atoms with Gasteiger partial charge in [-0.05, 0) is 51.8 Å². The van der Waals surface area contributed by atoms with E-state index in [-0.39, 0.29) is 23.1 Å². The van der Waals surface area contributed by atoms with Crippen LogP contribution in [0, 0.1) is 18.6 Å². The monoisotopic (exact) mass is 327 g/mol. The predicted octanol–water partition coefficient (Wildman–Crippen LogP) is 2.34. The lowest BCUT2D eigenvalue weighted by Gasteiger charge is -2.32. The van der Waals surface area contributed by atoms with Crippen LogP contribution in [0.2, 0.25) is 0 Å². The lowest BCUT2D eigenvalue weighted by molar-refractivity contribution is 0.00578. The van der Waals surface area contributed by atoms with Gasteiger partial charge in [-0.3, -0.25) is 0 Å². The molecule has 126 valence electrons. The van der Waals surface area contributed by atoms with E-state index < -0.39 is 36.0 Å². The number of rotatable bonds is 3. The molecule has 1 heterocycles. The van der Waals surface area contributed by atoms with Crippen LogP contribution in [0.3, 0.4) is 0 Å². The van der Waals surface area contributed by atoms with Crippen LogP contribution in [-0.2, 0) is 15.9 Å². The van der Waals surface area contributed by atoms with Crippen LogP contribution in [-0.4, -0.2) is 29.5 Å². The van der Waals surface area contributed by atoms with E-state index in [1.54, 1.807) is 27.7 Å². The largest absolute Gasteiger partial charge is 0.500 e. The fourth-order valence-corrected chi connectivity index (χ4v) is 2.32. The van der Waals surface area contributed by atoms with Gasteiger partial charge < -0.3 is 19.7 Å². The average molecular weight is 327 g/mol. The summed E-state index contributed by atoms with van der Waals surface area (Å²) in [7, 11) is -1.15. The van der Waals surface area contributed by atoms with Crippen LogP contribution in [0.1, 0.15) is 38.8 Å². The van der Waals surface area contributed by atoms with Crippen LogP contribution in [0.5, 0.6) is 0 Å². The normalized spacial score (nSPS) is 19.0. The molecule has 1 aliphatic rings. The second-order valence-electron chi connectivity index (χ2n) is 6.62. The summed E-state index contributed by atoms with van der Waals surface area (Å²) in [5.74, 6) is -1.61. The molecule has 0 atom stereocenters. The van der Waals surface area contributed by atoms with Gasteiger partial charge in [-0.15, -0.1) is 0 Å². The number of carbonyl (C=O) groups is 1. The van der Waals surface area contributed by atoms with E-state index in [9.17, 15) is 13.6 Å². The Bertz CT molecular complexity index is 633. The second-order valence-corrected chi connectivity index (χ2v) is 6.62. The van der Waals surface area contributed by atoms with E-state index in [0.717, 1.165) is 6.07 Å². The van der Waals surface area contributed by atoms with Crippen molar-refractivity contribution >= 4 is 18.7 Å². The maximum atomic E-state index is 14.6. The Balaban J connectivity index is 2.38. The Hall–Kier alpha value is -1.67. The Morgan fingerprint density at radius 2 is 1.78 bits per heavy atom. The number of carboxylic acid groups (broad SMARTS) is 1. The molecule has 1 aliphatic heterocycles. The number of hydrogen-bond acceptors (Lipinski definition) is 3. The predicted molar refractivity (Wildman–Crippen MR) is 81.7 cm³/mol. The van der Waals surface area contributed by atoms with Crippen molar-refractivity contribution in [2.45, 2.75) is 52.4 Å². The molecule has 1 aromatic carbocycles. The number of amides is 1. The molecule has 8 heteroatoms. The maximum Gasteiger partial charge on any atom is 0.500 e. The van der Waals surface area contributed by atoms with Crippen molar-refractivity contribution < 1.29 is 28.0 Å². The van der Waals surface area contributed by atoms with E-state index in [1.807, 2.05) is 0 Å². The number of hydrogen-bond donors (Lipinski definition) is 2. The molecular weight excluding hydrogens is 307 g/mol. The zero-order valence-corrected chi connectivity index (χ0v) is 13.8. The first-order valence-corrected chi connectivity index (χ1v) is 7.26. The van der Waals surface area contributed by atoms with Crippen molar-refractivity contribution in [2.75, 3.05) is 0 Å². The number of benzene rings is 1. The molecule has 0 bridgehead atoms. The van der Waals surface area contributed by atoms with Crippen molar-refractivity contribution in [3.63, 3.8) is 0 Å². The molecule has 2 N–H and O–H groups in total. The first kappa shape index (κ1) is 17.7. The third kappa shape index (κ3) is 3.18. The second kappa shape index (κ2) is 5.76. The van der Waals surface area contributed by atoms with E-state index in [4.69, 9.17) is 14.4 Å². The fourth-order valence-electron chi connectivity index (χ4n) is 2.32. The van der Waals surface area contributed by atoms with Gasteiger partial charge in [-0.25, -0.2) is 13.6 Å². The number of nitrogens with one attached hydrogen (secondary N) is 1. The quantitative estimate of drug-likeness (QED) is 0.836. The summed E-state index contributed by atoms with van der Waals surface area (Å²) in [5, 5.41) is 10.7. The van der Waals surface area contributed by atoms with Crippen LogP contribution < -0.4 is 10.8 Å². The first-order chi connectivity index (χ1) is 10.5. The minimum atomic E-state index is -1.26. The fraction of sp³-hybridized carbons (Fsp3) is 0.533. The molecule has 0 radical (unpaired) electrons. The summed E-state index contributed by atoms with van der Waals surface area (Å²) in [5.41, 5.74) is -1.34. The van der Waals surface area contributed by atoms with Gasteiger partial charge in [0.15, 0.2) is 0 Å². The minimum absolute atomic E-state index is 0.157. The lowest BCUT2D eigenvalue weighted by atomic mass is 9.76. The third-order valence-electron chi connectivity index (χ3n) is 4.52. The summed E-state index contributed by atoms with van der Waals surface area (Å²) in [6, 6.07) is 1.11. The minimum Gasteiger partial charge on any atom is -0.465 e. The molecule has 1 saturated heterocycles. The molecule has 23 heavy (non-hydrogen) atoms. The summed E-state index contributed by atoms with van der Waals surface area (Å²) in [6.07, 6.45) is -1.26. The molecule has 1 fully saturated rings. The Labute approximate surface area is 134 Å². The highest BCUT2D eigenvalue weighted by Gasteiger charge is 2.53. The van der Waals surface area contributed by atoms with E-state index >= 15 is 0 Å². The van der Waals surface area contributed by atoms with Crippen LogP contribution in [0.15, 0.2) is 6.07 Å². The lowest BCUT2D eigenvalue weighted by Crippen LogP contribution is -2.41. The van der Waals surface area contributed by atoms with Gasteiger partial charge in [0.25, 0.3) is 0 Å². The zero-order chi connectivity index (χ0) is 17.6. The van der Waals surface area contributed by atoms with Crippen LogP contribution in [0.25, 0.3) is 0 Å². The van der Waals surface area contributed by atoms with Gasteiger partial charge in [0.1, 0.15) is 11.6 Å². The van der Waals surface area contributed by atoms with Crippen molar-refractivity contribution in [1.29, 1.82) is 0 Å².